The lowest BCUT2D eigenvalue weighted by molar-refractivity contribution is 0.0761. The first-order valence-electron chi connectivity index (χ1n) is 9.52. The molecule has 130 valence electrons. The SMILES string of the molecule is O=C(c1ccc(CN2CCc3ccccc32)cc1)N1CCCCCC1. The maximum Gasteiger partial charge on any atom is 0.253 e. The average Bonchev–Trinajstić information content (AvgIpc) is 2.87. The first kappa shape index (κ1) is 16.2. The van der Waals surface area contributed by atoms with Gasteiger partial charge < -0.3 is 9.80 Å². The summed E-state index contributed by atoms with van der Waals surface area (Å²) in [5.41, 5.74) is 4.89. The van der Waals surface area contributed by atoms with E-state index < -0.39 is 0 Å². The monoisotopic (exact) mass is 334 g/mol. The van der Waals surface area contributed by atoms with E-state index >= 15 is 0 Å². The fraction of sp³-hybridized carbons (Fsp3) is 0.409. The lowest BCUT2D eigenvalue weighted by Crippen LogP contribution is -2.31. The Hall–Kier alpha value is -2.29. The standard InChI is InChI=1S/C22H26N2O/c25-22(23-14-5-1-2-6-15-23)20-11-9-18(10-12-20)17-24-16-13-19-7-3-4-8-21(19)24/h3-4,7-12H,1-2,5-6,13-17H2. The number of rotatable bonds is 3. The van der Waals surface area contributed by atoms with Gasteiger partial charge in [0.15, 0.2) is 0 Å². The summed E-state index contributed by atoms with van der Waals surface area (Å²) in [6.45, 7) is 3.80. The normalized spacial score (nSPS) is 17.3. The molecule has 0 aromatic heterocycles. The number of anilines is 1. The van der Waals surface area contributed by atoms with Crippen LogP contribution in [0.25, 0.3) is 0 Å². The Morgan fingerprint density at radius 2 is 1.56 bits per heavy atom. The summed E-state index contributed by atoms with van der Waals surface area (Å²) in [5, 5.41) is 0. The fourth-order valence-electron chi connectivity index (χ4n) is 4.00. The highest BCUT2D eigenvalue weighted by atomic mass is 16.2. The van der Waals surface area contributed by atoms with E-state index in [-0.39, 0.29) is 5.91 Å². The van der Waals surface area contributed by atoms with Crippen LogP contribution in [0.3, 0.4) is 0 Å². The number of hydrogen-bond donors (Lipinski definition) is 0. The van der Waals surface area contributed by atoms with Crippen LogP contribution in [0.1, 0.15) is 47.2 Å². The van der Waals surface area contributed by atoms with Gasteiger partial charge in [-0.15, -0.1) is 0 Å². The summed E-state index contributed by atoms with van der Waals surface area (Å²) in [5.74, 6) is 0.194. The van der Waals surface area contributed by atoms with E-state index in [1.54, 1.807) is 0 Å². The van der Waals surface area contributed by atoms with Crippen molar-refractivity contribution in [2.24, 2.45) is 0 Å². The Morgan fingerprint density at radius 1 is 0.840 bits per heavy atom. The lowest BCUT2D eigenvalue weighted by Gasteiger charge is -2.21. The van der Waals surface area contributed by atoms with E-state index in [9.17, 15) is 4.79 Å². The summed E-state index contributed by atoms with van der Waals surface area (Å²) in [4.78, 5) is 17.1. The molecule has 0 radical (unpaired) electrons. The van der Waals surface area contributed by atoms with Gasteiger partial charge in [0.2, 0.25) is 0 Å². The molecule has 0 saturated carbocycles. The topological polar surface area (TPSA) is 23.6 Å². The van der Waals surface area contributed by atoms with Gasteiger partial charge in [0, 0.05) is 37.4 Å². The fourth-order valence-corrected chi connectivity index (χ4v) is 4.00. The molecule has 0 aliphatic carbocycles. The minimum Gasteiger partial charge on any atom is -0.367 e. The van der Waals surface area contributed by atoms with Crippen LogP contribution in [0.15, 0.2) is 48.5 Å². The van der Waals surface area contributed by atoms with Crippen molar-refractivity contribution in [1.29, 1.82) is 0 Å². The van der Waals surface area contributed by atoms with Crippen molar-refractivity contribution < 1.29 is 4.79 Å². The van der Waals surface area contributed by atoms with Crippen molar-refractivity contribution in [2.45, 2.75) is 38.6 Å². The number of nitrogens with zero attached hydrogens (tertiary/aromatic N) is 2. The summed E-state index contributed by atoms with van der Waals surface area (Å²) < 4.78 is 0. The molecule has 3 heteroatoms. The number of carbonyl (C=O) groups excluding carboxylic acids is 1. The maximum atomic E-state index is 12.7. The molecule has 2 aromatic rings. The largest absolute Gasteiger partial charge is 0.367 e. The molecule has 3 nitrogen and oxygen atoms in total. The number of carbonyl (C=O) groups is 1. The van der Waals surface area contributed by atoms with Gasteiger partial charge in [0.05, 0.1) is 0 Å². The summed E-state index contributed by atoms with van der Waals surface area (Å²) >= 11 is 0. The molecule has 0 unspecified atom stereocenters. The van der Waals surface area contributed by atoms with Crippen LogP contribution in [0, 0.1) is 0 Å². The number of amides is 1. The van der Waals surface area contributed by atoms with Crippen LogP contribution >= 0.6 is 0 Å². The third-order valence-electron chi connectivity index (χ3n) is 5.45. The van der Waals surface area contributed by atoms with Crippen LogP contribution in [0.4, 0.5) is 5.69 Å². The second kappa shape index (κ2) is 7.30. The Bertz CT molecular complexity index is 730. The highest BCUT2D eigenvalue weighted by Gasteiger charge is 2.19. The van der Waals surface area contributed by atoms with E-state index in [0.29, 0.717) is 0 Å². The van der Waals surface area contributed by atoms with Gasteiger partial charge in [-0.2, -0.15) is 0 Å². The minimum atomic E-state index is 0.194. The summed E-state index contributed by atoms with van der Waals surface area (Å²) in [7, 11) is 0. The molecule has 2 heterocycles. The molecule has 0 spiro atoms. The van der Waals surface area contributed by atoms with Crippen molar-refractivity contribution in [2.75, 3.05) is 24.5 Å². The zero-order valence-corrected chi connectivity index (χ0v) is 14.8. The van der Waals surface area contributed by atoms with Crippen LogP contribution in [0.5, 0.6) is 0 Å². The molecule has 1 saturated heterocycles. The Labute approximate surface area is 150 Å². The molecule has 2 aliphatic rings. The van der Waals surface area contributed by atoms with Crippen molar-refractivity contribution in [1.82, 2.24) is 4.90 Å². The van der Waals surface area contributed by atoms with Crippen molar-refractivity contribution in [3.05, 3.63) is 65.2 Å². The van der Waals surface area contributed by atoms with Crippen molar-refractivity contribution in [3.8, 4) is 0 Å². The molecule has 1 amide bonds. The molecule has 0 bridgehead atoms. The summed E-state index contributed by atoms with van der Waals surface area (Å²) in [6, 6.07) is 16.9. The van der Waals surface area contributed by atoms with Crippen LogP contribution in [0.2, 0.25) is 0 Å². The number of benzene rings is 2. The predicted octanol–water partition coefficient (Wildman–Crippen LogP) is 4.27. The number of hydrogen-bond acceptors (Lipinski definition) is 2. The van der Waals surface area contributed by atoms with E-state index in [2.05, 4.69) is 41.3 Å². The van der Waals surface area contributed by atoms with Gasteiger partial charge >= 0.3 is 0 Å². The third kappa shape index (κ3) is 3.55. The highest BCUT2D eigenvalue weighted by Crippen LogP contribution is 2.28. The van der Waals surface area contributed by atoms with Crippen LogP contribution in [-0.2, 0) is 13.0 Å². The predicted molar refractivity (Wildman–Crippen MR) is 102 cm³/mol. The first-order valence-corrected chi connectivity index (χ1v) is 9.52. The number of likely N-dealkylation sites (tertiary alicyclic amines) is 1. The summed E-state index contributed by atoms with van der Waals surface area (Å²) in [6.07, 6.45) is 5.90. The van der Waals surface area contributed by atoms with Crippen molar-refractivity contribution in [3.63, 3.8) is 0 Å². The molecule has 0 atom stereocenters. The number of para-hydroxylation sites is 1. The first-order chi connectivity index (χ1) is 12.3. The maximum absolute atomic E-state index is 12.7. The Balaban J connectivity index is 1.43. The third-order valence-corrected chi connectivity index (χ3v) is 5.45. The van der Waals surface area contributed by atoms with Gasteiger partial charge in [-0.1, -0.05) is 43.2 Å². The number of fused-ring (bicyclic) bond motifs is 1. The van der Waals surface area contributed by atoms with E-state index in [4.69, 9.17) is 0 Å². The zero-order valence-electron chi connectivity index (χ0n) is 14.8. The van der Waals surface area contributed by atoms with Crippen molar-refractivity contribution >= 4 is 11.6 Å². The minimum absolute atomic E-state index is 0.194. The van der Waals surface area contributed by atoms with E-state index in [0.717, 1.165) is 51.0 Å². The van der Waals surface area contributed by atoms with Crippen LogP contribution in [-0.4, -0.2) is 30.4 Å². The van der Waals surface area contributed by atoms with Gasteiger partial charge in [-0.3, -0.25) is 4.79 Å². The second-order valence-electron chi connectivity index (χ2n) is 7.20. The Morgan fingerprint density at radius 3 is 2.32 bits per heavy atom. The van der Waals surface area contributed by atoms with Gasteiger partial charge in [-0.05, 0) is 48.6 Å². The quantitative estimate of drug-likeness (QED) is 0.837. The molecule has 2 aromatic carbocycles. The molecular weight excluding hydrogens is 308 g/mol. The van der Waals surface area contributed by atoms with Gasteiger partial charge in [0.1, 0.15) is 0 Å². The molecule has 0 N–H and O–H groups in total. The van der Waals surface area contributed by atoms with E-state index in [1.807, 2.05) is 17.0 Å². The zero-order chi connectivity index (χ0) is 17.1. The average molecular weight is 334 g/mol. The Kier molecular flexibility index (Phi) is 4.73. The highest BCUT2D eigenvalue weighted by molar-refractivity contribution is 5.94. The molecular formula is C22H26N2O. The second-order valence-corrected chi connectivity index (χ2v) is 7.20. The van der Waals surface area contributed by atoms with Crippen LogP contribution < -0.4 is 4.90 Å². The van der Waals surface area contributed by atoms with Gasteiger partial charge in [0.25, 0.3) is 5.91 Å². The smallest absolute Gasteiger partial charge is 0.253 e. The van der Waals surface area contributed by atoms with Gasteiger partial charge in [-0.25, -0.2) is 0 Å². The molecule has 25 heavy (non-hydrogen) atoms. The molecule has 2 aliphatic heterocycles. The molecule has 4 rings (SSSR count). The lowest BCUT2D eigenvalue weighted by atomic mass is 10.1. The van der Waals surface area contributed by atoms with E-state index in [1.165, 1.54) is 29.7 Å². The molecule has 1 fully saturated rings.